The standard InChI is InChI=1S/C22H32N6O7S/c23-13(10-12-4-2-1-3-5-12)19(31)26-14(6-8-17(24)29)20(32)27-15(7-9-18(25)30)21(33)28-16(11-36)22(34)35/h1-5,13-16,36H,6-11,23H2,(H2,24,29)(H2,25,30)(H,26,31)(H,27,32)(H,28,33)(H,34,35). The maximum atomic E-state index is 13.0. The van der Waals surface area contributed by atoms with E-state index in [-0.39, 0.29) is 37.9 Å². The van der Waals surface area contributed by atoms with E-state index in [9.17, 15) is 28.8 Å². The Labute approximate surface area is 213 Å². The molecule has 0 bridgehead atoms. The summed E-state index contributed by atoms with van der Waals surface area (Å²) in [4.78, 5) is 72.0. The second-order valence-corrected chi connectivity index (χ2v) is 8.38. The highest BCUT2D eigenvalue weighted by atomic mass is 32.1. The van der Waals surface area contributed by atoms with Crippen LogP contribution in [0, 0.1) is 0 Å². The molecule has 36 heavy (non-hydrogen) atoms. The number of rotatable bonds is 16. The Bertz CT molecular complexity index is 946. The van der Waals surface area contributed by atoms with E-state index < -0.39 is 59.7 Å². The van der Waals surface area contributed by atoms with Crippen LogP contribution in [-0.2, 0) is 35.2 Å². The van der Waals surface area contributed by atoms with Crippen LogP contribution in [0.5, 0.6) is 0 Å². The van der Waals surface area contributed by atoms with Crippen molar-refractivity contribution in [3.8, 4) is 0 Å². The predicted molar refractivity (Wildman–Crippen MR) is 132 cm³/mol. The second kappa shape index (κ2) is 15.4. The highest BCUT2D eigenvalue weighted by Gasteiger charge is 2.30. The zero-order valence-electron chi connectivity index (χ0n) is 19.5. The number of carboxylic acid groups (broad SMARTS) is 1. The Morgan fingerprint density at radius 2 is 1.22 bits per heavy atom. The smallest absolute Gasteiger partial charge is 0.327 e. The fraction of sp³-hybridized carbons (Fsp3) is 0.455. The van der Waals surface area contributed by atoms with Gasteiger partial charge in [0.25, 0.3) is 0 Å². The second-order valence-electron chi connectivity index (χ2n) is 8.01. The normalized spacial score (nSPS) is 13.9. The average molecular weight is 525 g/mol. The molecule has 0 radical (unpaired) electrons. The lowest BCUT2D eigenvalue weighted by Crippen LogP contribution is -2.57. The number of aliphatic carboxylic acids is 1. The molecular formula is C22H32N6O7S. The van der Waals surface area contributed by atoms with Gasteiger partial charge in [0, 0.05) is 18.6 Å². The Kier molecular flexibility index (Phi) is 13.0. The number of thiol groups is 1. The summed E-state index contributed by atoms with van der Waals surface area (Å²) in [5.41, 5.74) is 17.1. The minimum absolute atomic E-state index is 0.181. The van der Waals surface area contributed by atoms with Gasteiger partial charge in [-0.25, -0.2) is 4.79 Å². The summed E-state index contributed by atoms with van der Waals surface area (Å²) >= 11 is 3.86. The number of hydrogen-bond donors (Lipinski definition) is 8. The van der Waals surface area contributed by atoms with Crippen LogP contribution in [0.15, 0.2) is 30.3 Å². The molecule has 0 aliphatic heterocycles. The molecule has 0 fully saturated rings. The molecule has 13 nitrogen and oxygen atoms in total. The molecule has 0 aliphatic carbocycles. The van der Waals surface area contributed by atoms with E-state index in [1.807, 2.05) is 0 Å². The average Bonchev–Trinajstić information content (AvgIpc) is 2.82. The van der Waals surface area contributed by atoms with E-state index in [0.29, 0.717) is 0 Å². The zero-order chi connectivity index (χ0) is 27.3. The van der Waals surface area contributed by atoms with Gasteiger partial charge < -0.3 is 38.3 Å². The van der Waals surface area contributed by atoms with Gasteiger partial charge in [0.2, 0.25) is 29.5 Å². The molecule has 1 aromatic rings. The van der Waals surface area contributed by atoms with Gasteiger partial charge >= 0.3 is 5.97 Å². The summed E-state index contributed by atoms with van der Waals surface area (Å²) in [5.74, 6) is -5.49. The van der Waals surface area contributed by atoms with E-state index >= 15 is 0 Å². The monoisotopic (exact) mass is 524 g/mol. The number of benzene rings is 1. The summed E-state index contributed by atoms with van der Waals surface area (Å²) in [5, 5.41) is 16.2. The first-order chi connectivity index (χ1) is 16.9. The molecule has 0 spiro atoms. The molecule has 0 aliphatic rings. The van der Waals surface area contributed by atoms with Crippen molar-refractivity contribution in [3.63, 3.8) is 0 Å². The van der Waals surface area contributed by atoms with Crippen LogP contribution in [-0.4, -0.2) is 70.5 Å². The quantitative estimate of drug-likeness (QED) is 0.108. The van der Waals surface area contributed by atoms with Crippen molar-refractivity contribution in [1.29, 1.82) is 0 Å². The number of hydrogen-bond acceptors (Lipinski definition) is 8. The lowest BCUT2D eigenvalue weighted by molar-refractivity contribution is -0.141. The first-order valence-electron chi connectivity index (χ1n) is 11.1. The van der Waals surface area contributed by atoms with Gasteiger partial charge in [-0.05, 0) is 24.8 Å². The van der Waals surface area contributed by atoms with Crippen molar-refractivity contribution < 1.29 is 33.9 Å². The van der Waals surface area contributed by atoms with Crippen molar-refractivity contribution >= 4 is 48.1 Å². The van der Waals surface area contributed by atoms with Crippen molar-refractivity contribution in [2.75, 3.05) is 5.75 Å². The van der Waals surface area contributed by atoms with Crippen molar-refractivity contribution in [2.45, 2.75) is 56.3 Å². The fourth-order valence-corrected chi connectivity index (χ4v) is 3.33. The number of primary amides is 2. The zero-order valence-corrected chi connectivity index (χ0v) is 20.4. The van der Waals surface area contributed by atoms with Crippen LogP contribution in [0.1, 0.15) is 31.2 Å². The maximum Gasteiger partial charge on any atom is 0.327 e. The number of amides is 5. The maximum absolute atomic E-state index is 13.0. The Morgan fingerprint density at radius 1 is 0.778 bits per heavy atom. The van der Waals surface area contributed by atoms with Crippen LogP contribution in [0.3, 0.4) is 0 Å². The summed E-state index contributed by atoms with van der Waals surface area (Å²) < 4.78 is 0. The molecule has 0 saturated carbocycles. The van der Waals surface area contributed by atoms with Crippen LogP contribution in [0.4, 0.5) is 0 Å². The van der Waals surface area contributed by atoms with E-state index in [1.54, 1.807) is 30.3 Å². The van der Waals surface area contributed by atoms with Crippen LogP contribution < -0.4 is 33.2 Å². The molecular weight excluding hydrogens is 492 g/mol. The van der Waals surface area contributed by atoms with Crippen molar-refractivity contribution in [2.24, 2.45) is 17.2 Å². The molecule has 10 N–H and O–H groups in total. The Morgan fingerprint density at radius 3 is 1.64 bits per heavy atom. The first-order valence-corrected chi connectivity index (χ1v) is 11.7. The Hall–Kier alpha value is -3.65. The molecule has 4 atom stereocenters. The van der Waals surface area contributed by atoms with Gasteiger partial charge in [-0.3, -0.25) is 24.0 Å². The van der Waals surface area contributed by atoms with E-state index in [4.69, 9.17) is 22.3 Å². The van der Waals surface area contributed by atoms with Gasteiger partial charge in [-0.2, -0.15) is 12.6 Å². The number of carboxylic acids is 1. The van der Waals surface area contributed by atoms with E-state index in [0.717, 1.165) is 5.56 Å². The summed E-state index contributed by atoms with van der Waals surface area (Å²) in [6.07, 6.45) is -0.803. The minimum atomic E-state index is -1.36. The lowest BCUT2D eigenvalue weighted by Gasteiger charge is -2.24. The number of carbonyl (C=O) groups excluding carboxylic acids is 5. The van der Waals surface area contributed by atoms with Gasteiger partial charge in [-0.15, -0.1) is 0 Å². The van der Waals surface area contributed by atoms with E-state index in [2.05, 4.69) is 28.6 Å². The molecule has 0 aromatic heterocycles. The van der Waals surface area contributed by atoms with Gasteiger partial charge in [0.1, 0.15) is 18.1 Å². The number of nitrogens with one attached hydrogen (secondary N) is 3. The largest absolute Gasteiger partial charge is 0.480 e. The Balaban J connectivity index is 2.99. The van der Waals surface area contributed by atoms with E-state index in [1.165, 1.54) is 0 Å². The number of carbonyl (C=O) groups is 6. The van der Waals surface area contributed by atoms with Crippen LogP contribution >= 0.6 is 12.6 Å². The summed E-state index contributed by atoms with van der Waals surface area (Å²) in [6, 6.07) is 3.90. The summed E-state index contributed by atoms with van der Waals surface area (Å²) in [6.45, 7) is 0. The third-order valence-electron chi connectivity index (χ3n) is 5.06. The van der Waals surface area contributed by atoms with Gasteiger partial charge in [0.05, 0.1) is 6.04 Å². The van der Waals surface area contributed by atoms with Crippen molar-refractivity contribution in [1.82, 2.24) is 16.0 Å². The molecule has 14 heteroatoms. The van der Waals surface area contributed by atoms with Gasteiger partial charge in [-0.1, -0.05) is 30.3 Å². The van der Waals surface area contributed by atoms with Gasteiger partial charge in [0.15, 0.2) is 0 Å². The number of nitrogens with two attached hydrogens (primary N) is 3. The molecule has 0 heterocycles. The molecule has 1 rings (SSSR count). The predicted octanol–water partition coefficient (Wildman–Crippen LogP) is -2.44. The third-order valence-corrected chi connectivity index (χ3v) is 5.42. The van der Waals surface area contributed by atoms with Crippen LogP contribution in [0.25, 0.3) is 0 Å². The highest BCUT2D eigenvalue weighted by Crippen LogP contribution is 2.06. The first kappa shape index (κ1) is 30.4. The topological polar surface area (TPSA) is 237 Å². The third kappa shape index (κ3) is 11.2. The molecule has 5 amide bonds. The SMILES string of the molecule is NC(=O)CCC(NC(=O)C(N)Cc1ccccc1)C(=O)NC(CCC(N)=O)C(=O)NC(CS)C(=O)O. The molecule has 4 unspecified atom stereocenters. The lowest BCUT2D eigenvalue weighted by atomic mass is 10.0. The molecule has 0 saturated heterocycles. The highest BCUT2D eigenvalue weighted by molar-refractivity contribution is 7.80. The minimum Gasteiger partial charge on any atom is -0.480 e. The van der Waals surface area contributed by atoms with Crippen LogP contribution in [0.2, 0.25) is 0 Å². The van der Waals surface area contributed by atoms with Crippen molar-refractivity contribution in [3.05, 3.63) is 35.9 Å². The molecule has 1 aromatic carbocycles. The molecule has 198 valence electrons. The fourth-order valence-electron chi connectivity index (χ4n) is 3.08. The summed E-state index contributed by atoms with van der Waals surface area (Å²) in [7, 11) is 0.